The Kier molecular flexibility index (Phi) is 5.55. The molecule has 0 saturated carbocycles. The number of carbonyl (C=O) groups is 1. The fourth-order valence-electron chi connectivity index (χ4n) is 3.30. The van der Waals surface area contributed by atoms with E-state index >= 15 is 0 Å². The van der Waals surface area contributed by atoms with E-state index in [2.05, 4.69) is 45.9 Å². The zero-order valence-electron chi connectivity index (χ0n) is 16.8. The highest BCUT2D eigenvalue weighted by Gasteiger charge is 2.20. The Bertz CT molecular complexity index is 982. The number of hydrogen-bond donors (Lipinski definition) is 1. The van der Waals surface area contributed by atoms with Gasteiger partial charge in [-0.15, -0.1) is 0 Å². The van der Waals surface area contributed by atoms with Crippen LogP contribution < -0.4 is 4.74 Å². The largest absolute Gasteiger partial charge is 0.489 e. The minimum atomic E-state index is -0.946. The first-order valence-electron chi connectivity index (χ1n) is 9.41. The first-order chi connectivity index (χ1) is 13.3. The summed E-state index contributed by atoms with van der Waals surface area (Å²) in [6.07, 6.45) is 0. The zero-order chi connectivity index (χ0) is 20.3. The van der Waals surface area contributed by atoms with E-state index in [1.807, 2.05) is 42.5 Å². The van der Waals surface area contributed by atoms with Crippen LogP contribution in [0.1, 0.15) is 47.8 Å². The lowest BCUT2D eigenvalue weighted by atomic mass is 9.80. The van der Waals surface area contributed by atoms with E-state index in [1.165, 1.54) is 11.1 Å². The second kappa shape index (κ2) is 7.89. The van der Waals surface area contributed by atoms with Gasteiger partial charge in [-0.05, 0) is 53.3 Å². The maximum atomic E-state index is 11.7. The molecule has 28 heavy (non-hydrogen) atoms. The molecule has 0 aromatic heterocycles. The summed E-state index contributed by atoms with van der Waals surface area (Å²) in [5, 5.41) is 9.59. The minimum absolute atomic E-state index is 0.0203. The van der Waals surface area contributed by atoms with Gasteiger partial charge in [0.05, 0.1) is 5.56 Å². The number of hydrogen-bond acceptors (Lipinski definition) is 2. The van der Waals surface area contributed by atoms with Crippen molar-refractivity contribution in [1.82, 2.24) is 0 Å². The van der Waals surface area contributed by atoms with Crippen molar-refractivity contribution >= 4 is 5.97 Å². The molecule has 3 aromatic rings. The van der Waals surface area contributed by atoms with Crippen LogP contribution in [0.15, 0.2) is 66.7 Å². The summed E-state index contributed by atoms with van der Waals surface area (Å²) in [4.78, 5) is 11.7. The van der Waals surface area contributed by atoms with Crippen LogP contribution in [0, 0.1) is 6.92 Å². The predicted octanol–water partition coefficient (Wildman–Crippen LogP) is 6.24. The summed E-state index contributed by atoms with van der Waals surface area (Å²) in [6.45, 7) is 8.87. The van der Waals surface area contributed by atoms with Gasteiger partial charge in [-0.1, -0.05) is 68.8 Å². The van der Waals surface area contributed by atoms with Gasteiger partial charge in [-0.25, -0.2) is 4.79 Å². The molecular weight excluding hydrogens is 348 g/mol. The van der Waals surface area contributed by atoms with Gasteiger partial charge in [0.2, 0.25) is 0 Å². The van der Waals surface area contributed by atoms with Crippen LogP contribution in [0.3, 0.4) is 0 Å². The third-order valence-electron chi connectivity index (χ3n) is 4.77. The van der Waals surface area contributed by atoms with Gasteiger partial charge in [-0.3, -0.25) is 0 Å². The van der Waals surface area contributed by atoms with Gasteiger partial charge in [0.15, 0.2) is 0 Å². The lowest BCUT2D eigenvalue weighted by Gasteiger charge is -2.24. The molecule has 0 radical (unpaired) electrons. The van der Waals surface area contributed by atoms with E-state index in [4.69, 9.17) is 4.74 Å². The molecule has 3 rings (SSSR count). The van der Waals surface area contributed by atoms with E-state index in [-0.39, 0.29) is 17.6 Å². The number of para-hydroxylation sites is 1. The van der Waals surface area contributed by atoms with Crippen LogP contribution >= 0.6 is 0 Å². The Hall–Kier alpha value is -3.07. The smallest absolute Gasteiger partial charge is 0.336 e. The molecule has 0 unspecified atom stereocenters. The third kappa shape index (κ3) is 4.42. The number of ether oxygens (including phenoxy) is 1. The molecule has 0 aliphatic carbocycles. The number of aromatic carboxylic acids is 1. The quantitative estimate of drug-likeness (QED) is 0.575. The van der Waals surface area contributed by atoms with Crippen LogP contribution in [0.4, 0.5) is 0 Å². The van der Waals surface area contributed by atoms with Crippen LogP contribution in [0.5, 0.6) is 5.75 Å². The number of aryl methyl sites for hydroxylation is 1. The fraction of sp³-hybridized carbons (Fsp3) is 0.240. The van der Waals surface area contributed by atoms with E-state index in [0.717, 1.165) is 16.9 Å². The maximum absolute atomic E-state index is 11.7. The summed E-state index contributed by atoms with van der Waals surface area (Å²) < 4.78 is 5.83. The van der Waals surface area contributed by atoms with Crippen molar-refractivity contribution in [3.63, 3.8) is 0 Å². The Morgan fingerprint density at radius 3 is 2.32 bits per heavy atom. The Morgan fingerprint density at radius 1 is 0.964 bits per heavy atom. The lowest BCUT2D eigenvalue weighted by Crippen LogP contribution is -2.13. The van der Waals surface area contributed by atoms with E-state index in [1.54, 1.807) is 6.07 Å². The Balaban J connectivity index is 2.03. The highest BCUT2D eigenvalue weighted by Crippen LogP contribution is 2.34. The van der Waals surface area contributed by atoms with Crippen molar-refractivity contribution in [1.29, 1.82) is 0 Å². The maximum Gasteiger partial charge on any atom is 0.336 e. The number of rotatable bonds is 5. The monoisotopic (exact) mass is 374 g/mol. The topological polar surface area (TPSA) is 46.5 Å². The van der Waals surface area contributed by atoms with E-state index in [9.17, 15) is 9.90 Å². The van der Waals surface area contributed by atoms with Crippen LogP contribution in [0.2, 0.25) is 0 Å². The first kappa shape index (κ1) is 19.7. The van der Waals surface area contributed by atoms with Crippen molar-refractivity contribution in [2.24, 2.45) is 0 Å². The molecule has 0 fully saturated rings. The summed E-state index contributed by atoms with van der Waals surface area (Å²) in [7, 11) is 0. The SMILES string of the molecule is Cc1ccc(-c2ccc(C(=O)O)c(COc3ccccc3)c2)c(C(C)(C)C)c1. The predicted molar refractivity (Wildman–Crippen MR) is 113 cm³/mol. The zero-order valence-corrected chi connectivity index (χ0v) is 16.8. The van der Waals surface area contributed by atoms with Gasteiger partial charge in [0.1, 0.15) is 12.4 Å². The average molecular weight is 374 g/mol. The molecule has 3 nitrogen and oxygen atoms in total. The normalized spacial score (nSPS) is 11.3. The standard InChI is InChI=1S/C25H26O3/c1-17-10-12-21(23(14-17)25(2,3)4)18-11-13-22(24(26)27)19(15-18)16-28-20-8-6-5-7-9-20/h5-15H,16H2,1-4H3,(H,26,27). The molecule has 0 amide bonds. The van der Waals surface area contributed by atoms with Gasteiger partial charge >= 0.3 is 5.97 Å². The minimum Gasteiger partial charge on any atom is -0.489 e. The van der Waals surface area contributed by atoms with Gasteiger partial charge in [-0.2, -0.15) is 0 Å². The van der Waals surface area contributed by atoms with E-state index < -0.39 is 5.97 Å². The van der Waals surface area contributed by atoms with Crippen molar-refractivity contribution in [3.8, 4) is 16.9 Å². The molecule has 0 heterocycles. The molecule has 3 heteroatoms. The molecule has 0 atom stereocenters. The molecule has 0 spiro atoms. The summed E-state index contributed by atoms with van der Waals surface area (Å²) >= 11 is 0. The second-order valence-electron chi connectivity index (χ2n) is 8.08. The van der Waals surface area contributed by atoms with E-state index in [0.29, 0.717) is 5.56 Å². The molecule has 0 saturated heterocycles. The van der Waals surface area contributed by atoms with Crippen LogP contribution in [-0.2, 0) is 12.0 Å². The molecule has 3 aromatic carbocycles. The van der Waals surface area contributed by atoms with Crippen LogP contribution in [0.25, 0.3) is 11.1 Å². The van der Waals surface area contributed by atoms with Crippen LogP contribution in [-0.4, -0.2) is 11.1 Å². The summed E-state index contributed by atoms with van der Waals surface area (Å²) in [5.74, 6) is -0.229. The van der Waals surface area contributed by atoms with Gasteiger partial charge < -0.3 is 9.84 Å². The molecule has 0 aliphatic rings. The Labute approximate surface area is 166 Å². The number of carboxylic acids is 1. The fourth-order valence-corrected chi connectivity index (χ4v) is 3.30. The highest BCUT2D eigenvalue weighted by atomic mass is 16.5. The molecule has 0 aliphatic heterocycles. The highest BCUT2D eigenvalue weighted by molar-refractivity contribution is 5.90. The summed E-state index contributed by atoms with van der Waals surface area (Å²) in [6, 6.07) is 21.3. The van der Waals surface area contributed by atoms with Crippen molar-refractivity contribution in [2.45, 2.75) is 39.7 Å². The molecule has 1 N–H and O–H groups in total. The number of benzene rings is 3. The Morgan fingerprint density at radius 2 is 1.68 bits per heavy atom. The number of carboxylic acid groups (broad SMARTS) is 1. The third-order valence-corrected chi connectivity index (χ3v) is 4.77. The van der Waals surface area contributed by atoms with Gasteiger partial charge in [0, 0.05) is 5.56 Å². The molecular formula is C25H26O3. The van der Waals surface area contributed by atoms with Gasteiger partial charge in [0.25, 0.3) is 0 Å². The lowest BCUT2D eigenvalue weighted by molar-refractivity contribution is 0.0694. The van der Waals surface area contributed by atoms with Crippen molar-refractivity contribution in [3.05, 3.63) is 89.0 Å². The molecule has 0 bridgehead atoms. The van der Waals surface area contributed by atoms with Crippen molar-refractivity contribution < 1.29 is 14.6 Å². The first-order valence-corrected chi connectivity index (χ1v) is 9.41. The van der Waals surface area contributed by atoms with Crippen molar-refractivity contribution in [2.75, 3.05) is 0 Å². The molecule has 144 valence electrons. The second-order valence-corrected chi connectivity index (χ2v) is 8.08. The average Bonchev–Trinajstić information content (AvgIpc) is 2.66. The summed E-state index contributed by atoms with van der Waals surface area (Å²) in [5.41, 5.74) is 5.48.